The van der Waals surface area contributed by atoms with E-state index in [-0.39, 0.29) is 5.69 Å². The van der Waals surface area contributed by atoms with Gasteiger partial charge < -0.3 is 10.2 Å². The standard InChI is InChI=1S/C15H22ClN3O2S/c1-3-5-9-18(10-6-4-2)15(22)17-14-11-12(19(20)21)7-8-13(14)16/h7-8,11H,3-6,9-10H2,1-2H3,(H,17,22). The topological polar surface area (TPSA) is 58.4 Å². The van der Waals surface area contributed by atoms with E-state index < -0.39 is 4.92 Å². The van der Waals surface area contributed by atoms with Gasteiger partial charge in [-0.25, -0.2) is 0 Å². The number of benzene rings is 1. The van der Waals surface area contributed by atoms with Gasteiger partial charge in [0.25, 0.3) is 5.69 Å². The maximum atomic E-state index is 10.9. The molecule has 0 aliphatic rings. The third kappa shape index (κ3) is 5.77. The highest BCUT2D eigenvalue weighted by Crippen LogP contribution is 2.27. The van der Waals surface area contributed by atoms with Crippen molar-refractivity contribution in [3.63, 3.8) is 0 Å². The second-order valence-electron chi connectivity index (χ2n) is 5.05. The molecule has 0 aliphatic heterocycles. The van der Waals surface area contributed by atoms with Crippen LogP contribution in [-0.2, 0) is 0 Å². The zero-order valence-corrected chi connectivity index (χ0v) is 14.5. The van der Waals surface area contributed by atoms with Crippen LogP contribution in [0.25, 0.3) is 0 Å². The van der Waals surface area contributed by atoms with E-state index >= 15 is 0 Å². The lowest BCUT2D eigenvalue weighted by molar-refractivity contribution is -0.384. The van der Waals surface area contributed by atoms with Crippen LogP contribution in [0, 0.1) is 10.1 Å². The number of thiocarbonyl (C=S) groups is 1. The van der Waals surface area contributed by atoms with Gasteiger partial charge in [0, 0.05) is 25.2 Å². The molecular formula is C15H22ClN3O2S. The number of non-ortho nitro benzene ring substituents is 1. The second-order valence-corrected chi connectivity index (χ2v) is 5.84. The van der Waals surface area contributed by atoms with Crippen LogP contribution in [0.1, 0.15) is 39.5 Å². The Morgan fingerprint density at radius 1 is 1.32 bits per heavy atom. The number of unbranched alkanes of at least 4 members (excludes halogenated alkanes) is 2. The molecular weight excluding hydrogens is 322 g/mol. The summed E-state index contributed by atoms with van der Waals surface area (Å²) in [6.45, 7) is 6.00. The van der Waals surface area contributed by atoms with E-state index in [1.54, 1.807) is 0 Å². The molecule has 1 N–H and O–H groups in total. The van der Waals surface area contributed by atoms with Gasteiger partial charge in [-0.1, -0.05) is 38.3 Å². The molecule has 0 amide bonds. The fourth-order valence-electron chi connectivity index (χ4n) is 1.93. The number of nitro groups is 1. The number of hydrogen-bond donors (Lipinski definition) is 1. The van der Waals surface area contributed by atoms with Gasteiger partial charge in [0.2, 0.25) is 0 Å². The van der Waals surface area contributed by atoms with Crippen molar-refractivity contribution < 1.29 is 4.92 Å². The van der Waals surface area contributed by atoms with Crippen LogP contribution in [0.15, 0.2) is 18.2 Å². The quantitative estimate of drug-likeness (QED) is 0.415. The van der Waals surface area contributed by atoms with E-state index in [4.69, 9.17) is 23.8 Å². The fraction of sp³-hybridized carbons (Fsp3) is 0.533. The summed E-state index contributed by atoms with van der Waals surface area (Å²) in [7, 11) is 0. The van der Waals surface area contributed by atoms with Crippen molar-refractivity contribution in [1.29, 1.82) is 0 Å². The first kappa shape index (κ1) is 18.6. The first-order chi connectivity index (χ1) is 10.5. The minimum atomic E-state index is -0.448. The molecule has 0 fully saturated rings. The summed E-state index contributed by atoms with van der Waals surface area (Å²) >= 11 is 11.5. The lowest BCUT2D eigenvalue weighted by atomic mass is 10.2. The van der Waals surface area contributed by atoms with E-state index in [0.717, 1.165) is 38.8 Å². The van der Waals surface area contributed by atoms with Crippen LogP contribution in [0.3, 0.4) is 0 Å². The number of rotatable bonds is 8. The van der Waals surface area contributed by atoms with Crippen LogP contribution in [0.2, 0.25) is 5.02 Å². The van der Waals surface area contributed by atoms with E-state index in [1.807, 2.05) is 0 Å². The highest BCUT2D eigenvalue weighted by atomic mass is 35.5. The van der Waals surface area contributed by atoms with Gasteiger partial charge in [-0.15, -0.1) is 0 Å². The largest absolute Gasteiger partial charge is 0.349 e. The Balaban J connectivity index is 2.83. The average Bonchev–Trinajstić information content (AvgIpc) is 2.49. The Morgan fingerprint density at radius 2 is 1.91 bits per heavy atom. The van der Waals surface area contributed by atoms with E-state index in [9.17, 15) is 10.1 Å². The molecule has 0 radical (unpaired) electrons. The number of anilines is 1. The molecule has 5 nitrogen and oxygen atoms in total. The summed E-state index contributed by atoms with van der Waals surface area (Å²) in [6.07, 6.45) is 4.27. The Morgan fingerprint density at radius 3 is 2.41 bits per heavy atom. The minimum absolute atomic E-state index is 0.0108. The molecule has 0 bridgehead atoms. The van der Waals surface area contributed by atoms with Crippen LogP contribution in [0.5, 0.6) is 0 Å². The molecule has 0 saturated heterocycles. The molecule has 0 saturated carbocycles. The van der Waals surface area contributed by atoms with Crippen LogP contribution >= 0.6 is 23.8 Å². The summed E-state index contributed by atoms with van der Waals surface area (Å²) in [5.74, 6) is 0. The predicted molar refractivity (Wildman–Crippen MR) is 95.7 cm³/mol. The van der Waals surface area contributed by atoms with Gasteiger partial charge in [-0.2, -0.15) is 0 Å². The minimum Gasteiger partial charge on any atom is -0.349 e. The lowest BCUT2D eigenvalue weighted by Gasteiger charge is -2.26. The number of halogens is 1. The maximum Gasteiger partial charge on any atom is 0.271 e. The maximum absolute atomic E-state index is 10.9. The Kier molecular flexibility index (Phi) is 8.12. The lowest BCUT2D eigenvalue weighted by Crippen LogP contribution is -2.36. The van der Waals surface area contributed by atoms with Crippen LogP contribution < -0.4 is 5.32 Å². The van der Waals surface area contributed by atoms with Crippen LogP contribution in [-0.4, -0.2) is 28.0 Å². The third-order valence-corrected chi connectivity index (χ3v) is 3.94. The molecule has 0 aliphatic carbocycles. The van der Waals surface area contributed by atoms with Crippen LogP contribution in [0.4, 0.5) is 11.4 Å². The number of nitrogens with one attached hydrogen (secondary N) is 1. The van der Waals surface area contributed by atoms with Crippen molar-refractivity contribution in [3.8, 4) is 0 Å². The van der Waals surface area contributed by atoms with Crippen molar-refractivity contribution in [1.82, 2.24) is 4.90 Å². The summed E-state index contributed by atoms with van der Waals surface area (Å²) in [4.78, 5) is 12.5. The smallest absolute Gasteiger partial charge is 0.271 e. The van der Waals surface area contributed by atoms with Crippen molar-refractivity contribution in [3.05, 3.63) is 33.3 Å². The highest BCUT2D eigenvalue weighted by Gasteiger charge is 2.14. The van der Waals surface area contributed by atoms with Crippen molar-refractivity contribution >= 4 is 40.3 Å². The van der Waals surface area contributed by atoms with E-state index in [2.05, 4.69) is 24.1 Å². The molecule has 0 unspecified atom stereocenters. The van der Waals surface area contributed by atoms with Gasteiger partial charge in [0.05, 0.1) is 15.6 Å². The predicted octanol–water partition coefficient (Wildman–Crippen LogP) is 4.85. The highest BCUT2D eigenvalue weighted by molar-refractivity contribution is 7.80. The second kappa shape index (κ2) is 9.58. The number of nitrogens with zero attached hydrogens (tertiary/aromatic N) is 2. The molecule has 0 spiro atoms. The molecule has 22 heavy (non-hydrogen) atoms. The SMILES string of the molecule is CCCCN(CCCC)C(=S)Nc1cc([N+](=O)[O-])ccc1Cl. The van der Waals surface area contributed by atoms with Gasteiger partial charge >= 0.3 is 0 Å². The molecule has 1 rings (SSSR count). The molecule has 7 heteroatoms. The molecule has 1 aromatic rings. The zero-order chi connectivity index (χ0) is 16.5. The molecule has 0 aromatic heterocycles. The first-order valence-electron chi connectivity index (χ1n) is 7.49. The Labute approximate surface area is 141 Å². The summed E-state index contributed by atoms with van der Waals surface area (Å²) < 4.78 is 0. The normalized spacial score (nSPS) is 10.3. The van der Waals surface area contributed by atoms with Crippen molar-refractivity contribution in [2.75, 3.05) is 18.4 Å². The van der Waals surface area contributed by atoms with Gasteiger partial charge in [0.15, 0.2) is 5.11 Å². The zero-order valence-electron chi connectivity index (χ0n) is 13.0. The Hall–Kier alpha value is -1.40. The van der Waals surface area contributed by atoms with E-state index in [0.29, 0.717) is 15.8 Å². The average molecular weight is 344 g/mol. The Bertz CT molecular complexity index is 518. The summed E-state index contributed by atoms with van der Waals surface area (Å²) in [5.41, 5.74) is 0.460. The molecule has 0 atom stereocenters. The van der Waals surface area contributed by atoms with E-state index in [1.165, 1.54) is 18.2 Å². The first-order valence-corrected chi connectivity index (χ1v) is 8.28. The van der Waals surface area contributed by atoms with Gasteiger partial charge in [-0.3, -0.25) is 10.1 Å². The number of hydrogen-bond acceptors (Lipinski definition) is 3. The van der Waals surface area contributed by atoms with Crippen molar-refractivity contribution in [2.45, 2.75) is 39.5 Å². The monoisotopic (exact) mass is 343 g/mol. The van der Waals surface area contributed by atoms with Crippen molar-refractivity contribution in [2.24, 2.45) is 0 Å². The summed E-state index contributed by atoms with van der Waals surface area (Å²) in [5, 5.41) is 14.9. The molecule has 122 valence electrons. The molecule has 1 aromatic carbocycles. The fourth-order valence-corrected chi connectivity index (χ4v) is 2.39. The van der Waals surface area contributed by atoms with Gasteiger partial charge in [0.1, 0.15) is 0 Å². The van der Waals surface area contributed by atoms with Gasteiger partial charge in [-0.05, 0) is 31.1 Å². The number of nitro benzene ring substituents is 1. The molecule has 0 heterocycles. The summed E-state index contributed by atoms with van der Waals surface area (Å²) in [6, 6.07) is 4.29. The third-order valence-electron chi connectivity index (χ3n) is 3.25.